The van der Waals surface area contributed by atoms with Crippen LogP contribution in [0.2, 0.25) is 0 Å². The highest BCUT2D eigenvalue weighted by Crippen LogP contribution is 2.24. The molecule has 1 saturated heterocycles. The van der Waals surface area contributed by atoms with E-state index in [0.717, 1.165) is 12.8 Å². The number of carbonyl (C=O) groups is 3. The number of nitrogens with zero attached hydrogens (tertiary/aromatic N) is 2. The molecule has 2 rings (SSSR count). The third-order valence-corrected chi connectivity index (χ3v) is 5.14. The molecule has 1 aliphatic heterocycles. The Morgan fingerprint density at radius 3 is 2.73 bits per heavy atom. The largest absolute Gasteiger partial charge is 0.500 e. The van der Waals surface area contributed by atoms with Crippen LogP contribution in [-0.4, -0.2) is 47.3 Å². The highest BCUT2D eigenvalue weighted by molar-refractivity contribution is 6.39. The Labute approximate surface area is 180 Å². The molecular weight excluding hydrogens is 408 g/mol. The molecule has 0 spiro atoms. The number of allylic oxidation sites excluding steroid dienone is 3. The summed E-state index contributed by atoms with van der Waals surface area (Å²) in [6.45, 7) is 6.22. The van der Waals surface area contributed by atoms with E-state index in [1.165, 1.54) is 30.5 Å². The minimum Gasteiger partial charge on any atom is -0.500 e. The number of nitrogens with two attached hydrogens (primary N) is 1. The molecule has 0 bridgehead atoms. The Morgan fingerprint density at radius 1 is 1.33 bits per heavy atom. The minimum atomic E-state index is -0.824. The van der Waals surface area contributed by atoms with Crippen LogP contribution in [0.3, 0.4) is 0 Å². The van der Waals surface area contributed by atoms with Crippen LogP contribution in [0.5, 0.6) is 0 Å². The van der Waals surface area contributed by atoms with Crippen molar-refractivity contribution in [3.63, 3.8) is 0 Å². The molecule has 8 nitrogen and oxygen atoms in total. The van der Waals surface area contributed by atoms with Gasteiger partial charge in [0, 0.05) is 12.7 Å². The Kier molecular flexibility index (Phi) is 8.17. The summed E-state index contributed by atoms with van der Waals surface area (Å²) in [4.78, 5) is 41.9. The number of likely N-dealkylation sites (tertiary alicyclic amines) is 1. The SMILES string of the molecule is C=C(/C=C\C(Cl)=C(/C)OC)[C@@H]1CCCCN1C(=O)C(=O)Nc1cncc(C(N)=O)c1. The summed E-state index contributed by atoms with van der Waals surface area (Å²) >= 11 is 6.13. The summed E-state index contributed by atoms with van der Waals surface area (Å²) in [5.41, 5.74) is 6.22. The standard InChI is InChI=1S/C21H25ClN4O4/c1-13(7-8-17(22)14(2)30-3)18-6-4-5-9-26(18)21(29)20(28)25-16-10-15(19(23)27)11-24-12-16/h7-8,10-12,18H,1,4-6,9H2,2-3H3,(H2,23,27)(H,25,28)/b8-7-,17-14-/t18-/m0/s1. The number of hydrogen-bond donors (Lipinski definition) is 2. The monoisotopic (exact) mass is 432 g/mol. The number of ether oxygens (including phenoxy) is 1. The molecule has 1 atom stereocenters. The van der Waals surface area contributed by atoms with Crippen molar-refractivity contribution in [1.82, 2.24) is 9.88 Å². The van der Waals surface area contributed by atoms with E-state index in [9.17, 15) is 14.4 Å². The Hall–Kier alpha value is -3.13. The molecule has 1 aromatic heterocycles. The maximum Gasteiger partial charge on any atom is 0.313 e. The number of amides is 3. The summed E-state index contributed by atoms with van der Waals surface area (Å²) < 4.78 is 5.08. The van der Waals surface area contributed by atoms with Gasteiger partial charge in [-0.2, -0.15) is 0 Å². The molecule has 0 saturated carbocycles. The summed E-state index contributed by atoms with van der Waals surface area (Å²) in [5.74, 6) is -1.63. The maximum absolute atomic E-state index is 12.8. The van der Waals surface area contributed by atoms with Gasteiger partial charge in [0.05, 0.1) is 35.6 Å². The molecule has 0 unspecified atom stereocenters. The average Bonchev–Trinajstić information content (AvgIpc) is 2.76. The van der Waals surface area contributed by atoms with Crippen LogP contribution in [0.25, 0.3) is 0 Å². The number of halogens is 1. The second-order valence-corrected chi connectivity index (χ2v) is 7.21. The van der Waals surface area contributed by atoms with Crippen molar-refractivity contribution in [3.05, 3.63) is 59.1 Å². The summed E-state index contributed by atoms with van der Waals surface area (Å²) in [6, 6.07) is 1.04. The molecule has 1 aliphatic rings. The number of piperidine rings is 1. The smallest absolute Gasteiger partial charge is 0.313 e. The lowest BCUT2D eigenvalue weighted by Crippen LogP contribution is -2.48. The average molecular weight is 433 g/mol. The third kappa shape index (κ3) is 5.93. The molecule has 0 aliphatic carbocycles. The number of carbonyl (C=O) groups excluding carboxylic acids is 3. The van der Waals surface area contributed by atoms with Gasteiger partial charge in [0.15, 0.2) is 0 Å². The van der Waals surface area contributed by atoms with Gasteiger partial charge in [-0.05, 0) is 43.9 Å². The molecule has 3 amide bonds. The number of rotatable bonds is 6. The van der Waals surface area contributed by atoms with E-state index in [4.69, 9.17) is 22.1 Å². The molecule has 1 aromatic rings. The summed E-state index contributed by atoms with van der Waals surface area (Å²) in [7, 11) is 1.52. The minimum absolute atomic E-state index is 0.130. The number of aromatic nitrogens is 1. The van der Waals surface area contributed by atoms with Gasteiger partial charge >= 0.3 is 11.8 Å². The van der Waals surface area contributed by atoms with Gasteiger partial charge in [0.2, 0.25) is 5.91 Å². The van der Waals surface area contributed by atoms with Crippen molar-refractivity contribution >= 4 is 35.0 Å². The van der Waals surface area contributed by atoms with Crippen molar-refractivity contribution in [2.75, 3.05) is 19.0 Å². The van der Waals surface area contributed by atoms with Crippen LogP contribution in [0.1, 0.15) is 36.5 Å². The summed E-state index contributed by atoms with van der Waals surface area (Å²) in [6.07, 6.45) is 8.37. The Morgan fingerprint density at radius 2 is 2.07 bits per heavy atom. The topological polar surface area (TPSA) is 115 Å². The first-order valence-corrected chi connectivity index (χ1v) is 9.76. The van der Waals surface area contributed by atoms with E-state index in [1.54, 1.807) is 19.1 Å². The zero-order valence-electron chi connectivity index (χ0n) is 17.0. The lowest BCUT2D eigenvalue weighted by molar-refractivity contribution is -0.145. The fourth-order valence-electron chi connectivity index (χ4n) is 3.02. The molecule has 30 heavy (non-hydrogen) atoms. The van der Waals surface area contributed by atoms with Gasteiger partial charge in [-0.15, -0.1) is 0 Å². The highest BCUT2D eigenvalue weighted by Gasteiger charge is 2.31. The number of hydrogen-bond acceptors (Lipinski definition) is 5. The first-order chi connectivity index (χ1) is 14.2. The predicted octanol–water partition coefficient (Wildman–Crippen LogP) is 2.73. The van der Waals surface area contributed by atoms with Crippen LogP contribution in [0.4, 0.5) is 5.69 Å². The maximum atomic E-state index is 12.8. The van der Waals surface area contributed by atoms with Crippen molar-refractivity contribution in [1.29, 1.82) is 0 Å². The first kappa shape index (κ1) is 23.2. The number of primary amides is 1. The van der Waals surface area contributed by atoms with Crippen molar-refractivity contribution < 1.29 is 19.1 Å². The predicted molar refractivity (Wildman–Crippen MR) is 115 cm³/mol. The van der Waals surface area contributed by atoms with Gasteiger partial charge in [-0.1, -0.05) is 24.3 Å². The van der Waals surface area contributed by atoms with Crippen molar-refractivity contribution in [2.24, 2.45) is 5.73 Å². The number of pyridine rings is 1. The van der Waals surface area contributed by atoms with Crippen LogP contribution in [0, 0.1) is 0 Å². The van der Waals surface area contributed by atoms with Gasteiger partial charge in [0.1, 0.15) is 5.76 Å². The molecule has 9 heteroatoms. The van der Waals surface area contributed by atoms with Crippen LogP contribution in [0.15, 0.2) is 53.6 Å². The van der Waals surface area contributed by atoms with Crippen molar-refractivity contribution in [2.45, 2.75) is 32.2 Å². The lowest BCUT2D eigenvalue weighted by atomic mass is 9.95. The van der Waals surface area contributed by atoms with Crippen molar-refractivity contribution in [3.8, 4) is 0 Å². The van der Waals surface area contributed by atoms with Crippen LogP contribution >= 0.6 is 11.6 Å². The molecule has 0 aromatic carbocycles. The molecule has 2 heterocycles. The lowest BCUT2D eigenvalue weighted by Gasteiger charge is -2.35. The van der Waals surface area contributed by atoms with Gasteiger partial charge in [0.25, 0.3) is 0 Å². The van der Waals surface area contributed by atoms with E-state index < -0.39 is 17.7 Å². The van der Waals surface area contributed by atoms with E-state index in [1.807, 2.05) is 0 Å². The molecule has 3 N–H and O–H groups in total. The molecule has 0 radical (unpaired) electrons. The fourth-order valence-corrected chi connectivity index (χ4v) is 3.16. The summed E-state index contributed by atoms with van der Waals surface area (Å²) in [5, 5.41) is 2.90. The molecule has 1 fully saturated rings. The normalized spacial score (nSPS) is 17.3. The number of nitrogens with one attached hydrogen (secondary N) is 1. The zero-order valence-corrected chi connectivity index (χ0v) is 17.7. The van der Waals surface area contributed by atoms with E-state index in [2.05, 4.69) is 16.9 Å². The van der Waals surface area contributed by atoms with Crippen LogP contribution < -0.4 is 11.1 Å². The fraction of sp³-hybridized carbons (Fsp3) is 0.333. The van der Waals surface area contributed by atoms with Gasteiger partial charge < -0.3 is 20.7 Å². The first-order valence-electron chi connectivity index (χ1n) is 9.38. The Bertz CT molecular complexity index is 910. The van der Waals surface area contributed by atoms with Gasteiger partial charge in [-0.25, -0.2) is 0 Å². The molecular formula is C21H25ClN4O4. The quantitative estimate of drug-likeness (QED) is 0.407. The molecule has 160 valence electrons. The second-order valence-electron chi connectivity index (χ2n) is 6.81. The second kappa shape index (κ2) is 10.6. The third-order valence-electron chi connectivity index (χ3n) is 4.75. The van der Waals surface area contributed by atoms with Crippen LogP contribution in [-0.2, 0) is 14.3 Å². The number of anilines is 1. The highest BCUT2D eigenvalue weighted by atomic mass is 35.5. The van der Waals surface area contributed by atoms with E-state index in [-0.39, 0.29) is 17.3 Å². The number of methoxy groups -OCH3 is 1. The van der Waals surface area contributed by atoms with Gasteiger partial charge in [-0.3, -0.25) is 19.4 Å². The van der Waals surface area contributed by atoms with E-state index in [0.29, 0.717) is 29.3 Å². The zero-order chi connectivity index (χ0) is 22.3. The van der Waals surface area contributed by atoms with E-state index >= 15 is 0 Å². The Balaban J connectivity index is 2.13.